The molecule has 0 spiro atoms. The zero-order valence-corrected chi connectivity index (χ0v) is 20.0. The summed E-state index contributed by atoms with van der Waals surface area (Å²) in [6.07, 6.45) is 4.64. The Hall–Kier alpha value is -4.40. The lowest BCUT2D eigenvalue weighted by Crippen LogP contribution is -2.47. The first-order valence-corrected chi connectivity index (χ1v) is 11.4. The minimum absolute atomic E-state index is 0.0953. The highest BCUT2D eigenvalue weighted by atomic mass is 16.3. The summed E-state index contributed by atoms with van der Waals surface area (Å²) < 4.78 is 1.57. The summed E-state index contributed by atoms with van der Waals surface area (Å²) in [5.74, 6) is 6.42. The van der Waals surface area contributed by atoms with Crippen LogP contribution in [0.25, 0.3) is 16.7 Å². The fourth-order valence-electron chi connectivity index (χ4n) is 3.97. The Kier molecular flexibility index (Phi) is 6.05. The number of nitrogens with two attached hydrogens (primary N) is 1. The van der Waals surface area contributed by atoms with E-state index in [2.05, 4.69) is 41.8 Å². The summed E-state index contributed by atoms with van der Waals surface area (Å²) in [7, 11) is 2.04. The van der Waals surface area contributed by atoms with Gasteiger partial charge in [-0.2, -0.15) is 10.1 Å². The number of nitrogen functional groups attached to an aromatic ring is 1. The van der Waals surface area contributed by atoms with Crippen molar-refractivity contribution in [2.24, 2.45) is 0 Å². The van der Waals surface area contributed by atoms with Gasteiger partial charge in [0, 0.05) is 61.8 Å². The first-order chi connectivity index (χ1) is 17.3. The number of carbonyl (C=O) groups excluding carboxylic acids is 1. The summed E-state index contributed by atoms with van der Waals surface area (Å²) in [4.78, 5) is 33.9. The molecule has 182 valence electrons. The molecule has 3 aromatic heterocycles. The molecule has 1 unspecified atom stereocenters. The standard InChI is InChI=1S/C25H25N9O2/c1-25(36,23-27-9-3-10-28-23)8-6-17-4-5-18-19(16-17)34(20-7-11-29-24(26)30-20)31-21(18)22(35)33-14-12-32(2)13-15-33/h3-5,7,9-11,16,36H,12-15H2,1-2H3,(H2,26,29,30). The Morgan fingerprint density at radius 2 is 1.83 bits per heavy atom. The first-order valence-electron chi connectivity index (χ1n) is 11.4. The van der Waals surface area contributed by atoms with Gasteiger partial charge in [0.05, 0.1) is 5.52 Å². The zero-order chi connectivity index (χ0) is 25.3. The van der Waals surface area contributed by atoms with E-state index >= 15 is 0 Å². The maximum atomic E-state index is 13.4. The molecule has 1 aliphatic heterocycles. The van der Waals surface area contributed by atoms with Crippen LogP contribution < -0.4 is 5.73 Å². The quantitative estimate of drug-likeness (QED) is 0.406. The third kappa shape index (κ3) is 4.59. The monoisotopic (exact) mass is 483 g/mol. The molecule has 11 heteroatoms. The van der Waals surface area contributed by atoms with Crippen LogP contribution in [0.1, 0.15) is 28.8 Å². The predicted octanol–water partition coefficient (Wildman–Crippen LogP) is 0.835. The normalized spacial score (nSPS) is 15.8. The highest BCUT2D eigenvalue weighted by Crippen LogP contribution is 2.25. The Morgan fingerprint density at radius 3 is 2.56 bits per heavy atom. The van der Waals surface area contributed by atoms with Crippen molar-refractivity contribution in [2.75, 3.05) is 39.0 Å². The average molecular weight is 484 g/mol. The summed E-state index contributed by atoms with van der Waals surface area (Å²) in [6.45, 7) is 4.40. The van der Waals surface area contributed by atoms with Gasteiger partial charge in [-0.3, -0.25) is 4.79 Å². The molecular formula is C25H25N9O2. The van der Waals surface area contributed by atoms with E-state index in [4.69, 9.17) is 5.73 Å². The summed E-state index contributed by atoms with van der Waals surface area (Å²) >= 11 is 0. The number of piperazine rings is 1. The van der Waals surface area contributed by atoms with Crippen molar-refractivity contribution >= 4 is 22.8 Å². The van der Waals surface area contributed by atoms with Crippen LogP contribution in [0.4, 0.5) is 5.95 Å². The van der Waals surface area contributed by atoms with Crippen molar-refractivity contribution in [3.63, 3.8) is 0 Å². The fourth-order valence-corrected chi connectivity index (χ4v) is 3.97. The minimum Gasteiger partial charge on any atom is -0.371 e. The van der Waals surface area contributed by atoms with Crippen molar-refractivity contribution in [2.45, 2.75) is 12.5 Å². The van der Waals surface area contributed by atoms with Gasteiger partial charge in [0.1, 0.15) is 0 Å². The van der Waals surface area contributed by atoms with Crippen molar-refractivity contribution in [1.29, 1.82) is 0 Å². The number of hydrogen-bond acceptors (Lipinski definition) is 9. The molecule has 36 heavy (non-hydrogen) atoms. The number of rotatable bonds is 3. The minimum atomic E-state index is -1.54. The molecule has 1 aromatic carbocycles. The number of carbonyl (C=O) groups is 1. The van der Waals surface area contributed by atoms with E-state index in [1.807, 2.05) is 18.0 Å². The van der Waals surface area contributed by atoms with Gasteiger partial charge in [-0.15, -0.1) is 0 Å². The maximum Gasteiger partial charge on any atom is 0.275 e. The highest BCUT2D eigenvalue weighted by molar-refractivity contribution is 6.05. The molecule has 0 saturated carbocycles. The maximum absolute atomic E-state index is 13.4. The van der Waals surface area contributed by atoms with Crippen molar-refractivity contribution < 1.29 is 9.90 Å². The molecular weight excluding hydrogens is 458 g/mol. The highest BCUT2D eigenvalue weighted by Gasteiger charge is 2.26. The van der Waals surface area contributed by atoms with E-state index in [-0.39, 0.29) is 17.7 Å². The molecule has 0 aliphatic carbocycles. The lowest BCUT2D eigenvalue weighted by Gasteiger charge is -2.32. The second kappa shape index (κ2) is 9.33. The van der Waals surface area contributed by atoms with Crippen LogP contribution in [-0.2, 0) is 5.60 Å². The van der Waals surface area contributed by atoms with Crippen molar-refractivity contribution in [1.82, 2.24) is 39.5 Å². The van der Waals surface area contributed by atoms with Gasteiger partial charge in [0.25, 0.3) is 5.91 Å². The molecule has 0 bridgehead atoms. The smallest absolute Gasteiger partial charge is 0.275 e. The van der Waals surface area contributed by atoms with Crippen LogP contribution >= 0.6 is 0 Å². The predicted molar refractivity (Wildman–Crippen MR) is 133 cm³/mol. The number of aromatic nitrogens is 6. The second-order valence-corrected chi connectivity index (χ2v) is 8.76. The molecule has 1 amide bonds. The SMILES string of the molecule is CN1CCN(C(=O)c2nn(-c3ccnc(N)n3)c3cc(C#CC(C)(O)c4ncccn4)ccc23)CC1. The molecule has 1 fully saturated rings. The van der Waals surface area contributed by atoms with Gasteiger partial charge >= 0.3 is 0 Å². The summed E-state index contributed by atoms with van der Waals surface area (Å²) in [6, 6.07) is 8.74. The van der Waals surface area contributed by atoms with E-state index in [1.54, 1.807) is 41.3 Å². The van der Waals surface area contributed by atoms with E-state index in [0.717, 1.165) is 13.1 Å². The van der Waals surface area contributed by atoms with E-state index in [0.29, 0.717) is 41.1 Å². The third-order valence-electron chi connectivity index (χ3n) is 6.00. The van der Waals surface area contributed by atoms with Crippen LogP contribution in [0, 0.1) is 11.8 Å². The zero-order valence-electron chi connectivity index (χ0n) is 20.0. The number of fused-ring (bicyclic) bond motifs is 1. The Labute approximate surface area is 207 Å². The van der Waals surface area contributed by atoms with Gasteiger partial charge < -0.3 is 20.6 Å². The van der Waals surface area contributed by atoms with Crippen molar-refractivity contribution in [3.05, 3.63) is 66.0 Å². The van der Waals surface area contributed by atoms with E-state index < -0.39 is 5.60 Å². The lowest BCUT2D eigenvalue weighted by atomic mass is 10.1. The number of amides is 1. The second-order valence-electron chi connectivity index (χ2n) is 8.76. The fraction of sp³-hybridized carbons (Fsp3) is 0.280. The van der Waals surface area contributed by atoms with Gasteiger partial charge in [0.2, 0.25) is 5.95 Å². The molecule has 4 aromatic rings. The number of aliphatic hydroxyl groups is 1. The Morgan fingerprint density at radius 1 is 1.08 bits per heavy atom. The average Bonchev–Trinajstić information content (AvgIpc) is 3.27. The summed E-state index contributed by atoms with van der Waals surface area (Å²) in [5, 5.41) is 16.1. The van der Waals surface area contributed by atoms with Crippen molar-refractivity contribution in [3.8, 4) is 17.7 Å². The molecule has 1 aliphatic rings. The van der Waals surface area contributed by atoms with E-state index in [1.165, 1.54) is 13.1 Å². The van der Waals surface area contributed by atoms with Crippen LogP contribution in [0.5, 0.6) is 0 Å². The molecule has 4 heterocycles. The lowest BCUT2D eigenvalue weighted by molar-refractivity contribution is 0.0659. The van der Waals surface area contributed by atoms with Gasteiger partial charge in [-0.25, -0.2) is 19.6 Å². The molecule has 5 rings (SSSR count). The van der Waals surface area contributed by atoms with Gasteiger partial charge in [-0.05, 0) is 38.2 Å². The number of anilines is 1. The number of benzene rings is 1. The van der Waals surface area contributed by atoms with Crippen LogP contribution in [-0.4, -0.2) is 83.8 Å². The number of likely N-dealkylation sites (N-methyl/N-ethyl adjacent to an activating group) is 1. The van der Waals surface area contributed by atoms with Crippen LogP contribution in [0.15, 0.2) is 48.9 Å². The summed E-state index contributed by atoms with van der Waals surface area (Å²) in [5.41, 5.74) is 5.84. The molecule has 1 saturated heterocycles. The number of nitrogens with zero attached hydrogens (tertiary/aromatic N) is 8. The van der Waals surface area contributed by atoms with Gasteiger partial charge in [0.15, 0.2) is 22.9 Å². The Balaban J connectivity index is 1.58. The molecule has 3 N–H and O–H groups in total. The molecule has 0 radical (unpaired) electrons. The third-order valence-corrected chi connectivity index (χ3v) is 6.00. The number of hydrogen-bond donors (Lipinski definition) is 2. The topological polar surface area (TPSA) is 139 Å². The van der Waals surface area contributed by atoms with E-state index in [9.17, 15) is 9.90 Å². The Bertz CT molecular complexity index is 1480. The van der Waals surface area contributed by atoms with Gasteiger partial charge in [-0.1, -0.05) is 11.8 Å². The molecule has 11 nitrogen and oxygen atoms in total. The van der Waals surface area contributed by atoms with Crippen LogP contribution in [0.3, 0.4) is 0 Å². The first kappa shape index (κ1) is 23.3. The largest absolute Gasteiger partial charge is 0.371 e. The molecule has 1 atom stereocenters. The van der Waals surface area contributed by atoms with Crippen LogP contribution in [0.2, 0.25) is 0 Å².